The number of aliphatic hydroxyl groups excluding tert-OH is 3. The predicted octanol–water partition coefficient (Wildman–Crippen LogP) is 0.156. The van der Waals surface area contributed by atoms with Crippen LogP contribution in [0.1, 0.15) is 25.7 Å². The Hall–Kier alpha value is -0.160. The summed E-state index contributed by atoms with van der Waals surface area (Å²) in [5.74, 6) is 0.325. The first-order valence-electron chi connectivity index (χ1n) is 5.25. The van der Waals surface area contributed by atoms with Crippen LogP contribution in [0.5, 0.6) is 0 Å². The fraction of sp³-hybridized carbons (Fsp3) is 1.00. The van der Waals surface area contributed by atoms with E-state index in [0.717, 1.165) is 19.3 Å². The predicted molar refractivity (Wildman–Crippen MR) is 54.0 cm³/mol. The molecule has 0 bridgehead atoms. The standard InChI is InChI=1S/C10H22O4/c11-5-1-3-10(4-7-13)9-14-8-2-6-12/h10-13H,1-9H2. The van der Waals surface area contributed by atoms with Crippen LogP contribution in [0.3, 0.4) is 0 Å². The van der Waals surface area contributed by atoms with Crippen molar-refractivity contribution in [2.75, 3.05) is 33.0 Å². The highest BCUT2D eigenvalue weighted by Gasteiger charge is 2.07. The Morgan fingerprint density at radius 2 is 1.57 bits per heavy atom. The van der Waals surface area contributed by atoms with Crippen molar-refractivity contribution in [2.24, 2.45) is 5.92 Å². The lowest BCUT2D eigenvalue weighted by molar-refractivity contribution is 0.0720. The maximum atomic E-state index is 8.78. The number of aliphatic hydroxyl groups is 3. The third kappa shape index (κ3) is 8.44. The molecule has 0 radical (unpaired) electrons. The van der Waals surface area contributed by atoms with Crippen LogP contribution in [0.2, 0.25) is 0 Å². The quantitative estimate of drug-likeness (QED) is 0.445. The minimum atomic E-state index is 0.154. The van der Waals surface area contributed by atoms with E-state index < -0.39 is 0 Å². The fourth-order valence-corrected chi connectivity index (χ4v) is 1.29. The van der Waals surface area contributed by atoms with E-state index in [0.29, 0.717) is 25.6 Å². The topological polar surface area (TPSA) is 69.9 Å². The summed E-state index contributed by atoms with van der Waals surface area (Å²) < 4.78 is 5.33. The molecule has 86 valence electrons. The van der Waals surface area contributed by atoms with Gasteiger partial charge in [-0.15, -0.1) is 0 Å². The first-order chi connectivity index (χ1) is 6.85. The minimum Gasteiger partial charge on any atom is -0.396 e. The van der Waals surface area contributed by atoms with Crippen LogP contribution in [-0.4, -0.2) is 48.4 Å². The van der Waals surface area contributed by atoms with E-state index in [-0.39, 0.29) is 19.8 Å². The molecular formula is C10H22O4. The average Bonchev–Trinajstić information content (AvgIpc) is 2.20. The molecule has 0 aliphatic rings. The van der Waals surface area contributed by atoms with Crippen LogP contribution in [0.25, 0.3) is 0 Å². The van der Waals surface area contributed by atoms with Crippen molar-refractivity contribution >= 4 is 0 Å². The summed E-state index contributed by atoms with van der Waals surface area (Å²) in [6.07, 6.45) is 3.02. The molecule has 0 amide bonds. The third-order valence-electron chi connectivity index (χ3n) is 2.11. The van der Waals surface area contributed by atoms with E-state index in [1.54, 1.807) is 0 Å². The van der Waals surface area contributed by atoms with Gasteiger partial charge >= 0.3 is 0 Å². The maximum absolute atomic E-state index is 8.78. The van der Waals surface area contributed by atoms with Crippen molar-refractivity contribution in [1.82, 2.24) is 0 Å². The van der Waals surface area contributed by atoms with Crippen LogP contribution < -0.4 is 0 Å². The van der Waals surface area contributed by atoms with E-state index >= 15 is 0 Å². The van der Waals surface area contributed by atoms with Gasteiger partial charge in [-0.2, -0.15) is 0 Å². The summed E-state index contributed by atoms with van der Waals surface area (Å²) in [5, 5.41) is 26.0. The van der Waals surface area contributed by atoms with Gasteiger partial charge in [-0.1, -0.05) is 0 Å². The molecule has 0 rings (SSSR count). The first-order valence-corrected chi connectivity index (χ1v) is 5.25. The maximum Gasteiger partial charge on any atom is 0.0495 e. The second-order valence-electron chi connectivity index (χ2n) is 3.40. The molecule has 1 unspecified atom stereocenters. The van der Waals surface area contributed by atoms with Gasteiger partial charge in [-0.25, -0.2) is 0 Å². The van der Waals surface area contributed by atoms with Gasteiger partial charge in [0.15, 0.2) is 0 Å². The van der Waals surface area contributed by atoms with Crippen molar-refractivity contribution < 1.29 is 20.1 Å². The zero-order valence-electron chi connectivity index (χ0n) is 8.69. The Bertz CT molecular complexity index is 108. The Morgan fingerprint density at radius 1 is 0.857 bits per heavy atom. The van der Waals surface area contributed by atoms with Gasteiger partial charge in [0.2, 0.25) is 0 Å². The zero-order valence-corrected chi connectivity index (χ0v) is 8.69. The number of hydrogen-bond donors (Lipinski definition) is 3. The van der Waals surface area contributed by atoms with Crippen LogP contribution >= 0.6 is 0 Å². The number of hydrogen-bond acceptors (Lipinski definition) is 4. The van der Waals surface area contributed by atoms with Crippen LogP contribution in [0, 0.1) is 5.92 Å². The molecular weight excluding hydrogens is 184 g/mol. The highest BCUT2D eigenvalue weighted by molar-refractivity contribution is 4.58. The molecule has 0 spiro atoms. The first kappa shape index (κ1) is 13.8. The van der Waals surface area contributed by atoms with Gasteiger partial charge < -0.3 is 20.1 Å². The zero-order chi connectivity index (χ0) is 10.6. The molecule has 0 aromatic rings. The Labute approximate surface area is 85.5 Å². The molecule has 4 heteroatoms. The van der Waals surface area contributed by atoms with Crippen molar-refractivity contribution in [3.05, 3.63) is 0 Å². The van der Waals surface area contributed by atoms with E-state index in [9.17, 15) is 0 Å². The van der Waals surface area contributed by atoms with E-state index in [1.807, 2.05) is 0 Å². The smallest absolute Gasteiger partial charge is 0.0495 e. The normalized spacial score (nSPS) is 13.1. The summed E-state index contributed by atoms with van der Waals surface area (Å²) in [4.78, 5) is 0. The molecule has 0 saturated carbocycles. The second kappa shape index (κ2) is 10.9. The molecule has 14 heavy (non-hydrogen) atoms. The highest BCUT2D eigenvalue weighted by atomic mass is 16.5. The molecule has 1 atom stereocenters. The monoisotopic (exact) mass is 206 g/mol. The summed E-state index contributed by atoms with van der Waals surface area (Å²) in [7, 11) is 0. The number of rotatable bonds is 10. The molecule has 0 heterocycles. The Kier molecular flexibility index (Phi) is 10.8. The van der Waals surface area contributed by atoms with Gasteiger partial charge in [0.1, 0.15) is 0 Å². The molecule has 3 N–H and O–H groups in total. The molecule has 0 aliphatic heterocycles. The van der Waals surface area contributed by atoms with Gasteiger partial charge in [0.25, 0.3) is 0 Å². The van der Waals surface area contributed by atoms with E-state index in [4.69, 9.17) is 20.1 Å². The van der Waals surface area contributed by atoms with Crippen LogP contribution in [0.4, 0.5) is 0 Å². The highest BCUT2D eigenvalue weighted by Crippen LogP contribution is 2.11. The summed E-state index contributed by atoms with van der Waals surface area (Å²) >= 11 is 0. The molecule has 0 aromatic heterocycles. The summed E-state index contributed by atoms with van der Waals surface area (Å²) in [6, 6.07) is 0. The van der Waals surface area contributed by atoms with E-state index in [2.05, 4.69) is 0 Å². The van der Waals surface area contributed by atoms with Crippen molar-refractivity contribution in [2.45, 2.75) is 25.7 Å². The van der Waals surface area contributed by atoms with Gasteiger partial charge in [0.05, 0.1) is 0 Å². The van der Waals surface area contributed by atoms with Gasteiger partial charge in [-0.3, -0.25) is 0 Å². The van der Waals surface area contributed by atoms with Crippen molar-refractivity contribution in [1.29, 1.82) is 0 Å². The molecule has 0 saturated heterocycles. The Balaban J connectivity index is 3.40. The van der Waals surface area contributed by atoms with Gasteiger partial charge in [0, 0.05) is 33.0 Å². The second-order valence-corrected chi connectivity index (χ2v) is 3.40. The molecule has 4 nitrogen and oxygen atoms in total. The molecule has 0 fully saturated rings. The largest absolute Gasteiger partial charge is 0.396 e. The average molecular weight is 206 g/mol. The van der Waals surface area contributed by atoms with Crippen LogP contribution in [0.15, 0.2) is 0 Å². The molecule has 0 aliphatic carbocycles. The van der Waals surface area contributed by atoms with Gasteiger partial charge in [-0.05, 0) is 31.6 Å². The fourth-order valence-electron chi connectivity index (χ4n) is 1.29. The lowest BCUT2D eigenvalue weighted by Crippen LogP contribution is -2.13. The lowest BCUT2D eigenvalue weighted by atomic mass is 10.0. The van der Waals surface area contributed by atoms with Crippen molar-refractivity contribution in [3.8, 4) is 0 Å². The molecule has 0 aromatic carbocycles. The minimum absolute atomic E-state index is 0.154. The Morgan fingerprint density at radius 3 is 2.14 bits per heavy atom. The van der Waals surface area contributed by atoms with E-state index in [1.165, 1.54) is 0 Å². The van der Waals surface area contributed by atoms with Crippen LogP contribution in [-0.2, 0) is 4.74 Å². The summed E-state index contributed by atoms with van der Waals surface area (Å²) in [5.41, 5.74) is 0. The van der Waals surface area contributed by atoms with Crippen molar-refractivity contribution in [3.63, 3.8) is 0 Å². The lowest BCUT2D eigenvalue weighted by Gasteiger charge is -2.15. The SMILES string of the molecule is OCCCOCC(CCO)CCCO. The third-order valence-corrected chi connectivity index (χ3v) is 2.11. The number of ether oxygens (including phenoxy) is 1. The summed E-state index contributed by atoms with van der Waals surface area (Å²) in [6.45, 7) is 1.69.